The molecule has 30 heavy (non-hydrogen) atoms. The fourth-order valence-electron chi connectivity index (χ4n) is 3.38. The molecule has 3 heterocycles. The van der Waals surface area contributed by atoms with Gasteiger partial charge >= 0.3 is 0 Å². The molecule has 0 radical (unpaired) electrons. The first-order chi connectivity index (χ1) is 14.3. The Hall–Kier alpha value is -3.61. The van der Waals surface area contributed by atoms with Gasteiger partial charge in [0.2, 0.25) is 0 Å². The van der Waals surface area contributed by atoms with Crippen molar-refractivity contribution in [2.75, 3.05) is 23.3 Å². The van der Waals surface area contributed by atoms with Crippen LogP contribution in [-0.4, -0.2) is 34.9 Å². The maximum absolute atomic E-state index is 13.5. The number of nitriles is 1. The van der Waals surface area contributed by atoms with E-state index in [-0.39, 0.29) is 53.9 Å². The number of aromatic nitrogens is 2. The molecule has 10 heteroatoms. The van der Waals surface area contributed by atoms with Gasteiger partial charge in [0.25, 0.3) is 11.8 Å². The minimum atomic E-state index is -2.73. The Morgan fingerprint density at radius 2 is 1.90 bits per heavy atom. The molecule has 0 atom stereocenters. The van der Waals surface area contributed by atoms with Crippen molar-refractivity contribution < 1.29 is 22.4 Å². The smallest absolute Gasteiger partial charge is 0.257 e. The van der Waals surface area contributed by atoms with Gasteiger partial charge in [-0.05, 0) is 12.1 Å². The zero-order valence-electron chi connectivity index (χ0n) is 15.5. The van der Waals surface area contributed by atoms with Crippen molar-refractivity contribution in [2.45, 2.75) is 18.8 Å². The second kappa shape index (κ2) is 7.33. The number of amides is 1. The number of pyridine rings is 1. The highest BCUT2D eigenvalue weighted by molar-refractivity contribution is 6.09. The van der Waals surface area contributed by atoms with Crippen LogP contribution in [0.1, 0.15) is 28.8 Å². The number of fused-ring (bicyclic) bond motifs is 1. The topological polar surface area (TPSA) is 84.8 Å². The molecular weight excluding hydrogens is 402 g/mol. The summed E-state index contributed by atoms with van der Waals surface area (Å²) >= 11 is 0. The van der Waals surface area contributed by atoms with Gasteiger partial charge < -0.3 is 15.2 Å². The normalized spacial score (nSPS) is 15.8. The Bertz CT molecular complexity index is 1170. The second-order valence-electron chi connectivity index (χ2n) is 7.02. The van der Waals surface area contributed by atoms with E-state index >= 15 is 0 Å². The summed E-state index contributed by atoms with van der Waals surface area (Å²) in [4.78, 5) is 21.1. The van der Waals surface area contributed by atoms with Crippen molar-refractivity contribution in [1.82, 2.24) is 9.97 Å². The molecule has 2 N–H and O–H groups in total. The number of nitrogens with one attached hydrogen (secondary N) is 2. The number of halogens is 4. The first-order valence-electron chi connectivity index (χ1n) is 9.08. The lowest BCUT2D eigenvalue weighted by Crippen LogP contribution is -2.40. The average Bonchev–Trinajstić information content (AvgIpc) is 3.09. The van der Waals surface area contributed by atoms with E-state index in [2.05, 4.69) is 15.3 Å². The summed E-state index contributed by atoms with van der Waals surface area (Å²) in [5.74, 6) is -5.17. The molecule has 3 aromatic rings. The number of aromatic amines is 1. The number of rotatable bonds is 3. The van der Waals surface area contributed by atoms with E-state index in [0.29, 0.717) is 5.52 Å². The van der Waals surface area contributed by atoms with Gasteiger partial charge in [-0.1, -0.05) is 0 Å². The van der Waals surface area contributed by atoms with Gasteiger partial charge in [-0.3, -0.25) is 4.79 Å². The Balaban J connectivity index is 1.57. The molecule has 2 aromatic heterocycles. The van der Waals surface area contributed by atoms with Crippen LogP contribution in [-0.2, 0) is 0 Å². The standard InChI is InChI=1S/C20H15F4N5O/c21-14-6-13-16(7-15(14)22)26-10-17(13)28-19(30)12-5-11(8-25)18(27-9-12)29-3-1-20(23,24)2-4-29/h5-7,9-10,26H,1-4H2,(H,28,30). The Morgan fingerprint density at radius 1 is 1.20 bits per heavy atom. The van der Waals surface area contributed by atoms with E-state index in [1.54, 1.807) is 4.90 Å². The number of benzene rings is 1. The summed E-state index contributed by atoms with van der Waals surface area (Å²) in [7, 11) is 0. The largest absolute Gasteiger partial charge is 0.359 e. The third-order valence-electron chi connectivity index (χ3n) is 5.01. The highest BCUT2D eigenvalue weighted by atomic mass is 19.3. The SMILES string of the molecule is N#Cc1cc(C(=O)Nc2c[nH]c3cc(F)c(F)cc23)cnc1N1CCC(F)(F)CC1. The highest BCUT2D eigenvalue weighted by Crippen LogP contribution is 2.31. The van der Waals surface area contributed by atoms with Gasteiger partial charge in [0, 0.05) is 49.8 Å². The molecule has 0 bridgehead atoms. The van der Waals surface area contributed by atoms with Crippen molar-refractivity contribution >= 4 is 28.3 Å². The molecule has 4 rings (SSSR count). The van der Waals surface area contributed by atoms with Crippen molar-refractivity contribution in [2.24, 2.45) is 0 Å². The lowest BCUT2D eigenvalue weighted by molar-refractivity contribution is -0.0221. The molecule has 1 fully saturated rings. The van der Waals surface area contributed by atoms with Gasteiger partial charge in [0.15, 0.2) is 11.6 Å². The molecule has 6 nitrogen and oxygen atoms in total. The third-order valence-corrected chi connectivity index (χ3v) is 5.01. The van der Waals surface area contributed by atoms with Gasteiger partial charge in [-0.2, -0.15) is 5.26 Å². The summed E-state index contributed by atoms with van der Waals surface area (Å²) in [6.07, 6.45) is 1.97. The van der Waals surface area contributed by atoms with Crippen LogP contribution in [0.2, 0.25) is 0 Å². The van der Waals surface area contributed by atoms with E-state index in [9.17, 15) is 27.6 Å². The fourth-order valence-corrected chi connectivity index (χ4v) is 3.38. The molecule has 1 aromatic carbocycles. The van der Waals surface area contributed by atoms with Crippen molar-refractivity contribution in [3.8, 4) is 6.07 Å². The summed E-state index contributed by atoms with van der Waals surface area (Å²) in [6, 6.07) is 5.20. The van der Waals surface area contributed by atoms with Crippen LogP contribution in [0.25, 0.3) is 10.9 Å². The molecule has 1 aliphatic rings. The number of hydrogen-bond donors (Lipinski definition) is 2. The van der Waals surface area contributed by atoms with Gasteiger partial charge in [-0.15, -0.1) is 0 Å². The van der Waals surface area contributed by atoms with Gasteiger partial charge in [-0.25, -0.2) is 22.5 Å². The first-order valence-corrected chi connectivity index (χ1v) is 9.08. The number of H-pyrrole nitrogens is 1. The van der Waals surface area contributed by atoms with Crippen LogP contribution in [0.4, 0.5) is 29.1 Å². The number of nitrogens with zero attached hydrogens (tertiary/aromatic N) is 3. The minimum Gasteiger partial charge on any atom is -0.359 e. The molecule has 0 saturated carbocycles. The van der Waals surface area contributed by atoms with Crippen molar-refractivity contribution in [3.63, 3.8) is 0 Å². The molecule has 154 valence electrons. The van der Waals surface area contributed by atoms with Crippen LogP contribution in [0.3, 0.4) is 0 Å². The van der Waals surface area contributed by atoms with Crippen LogP contribution in [0.15, 0.2) is 30.6 Å². The minimum absolute atomic E-state index is 0.0533. The zero-order chi connectivity index (χ0) is 21.5. The molecule has 1 saturated heterocycles. The highest BCUT2D eigenvalue weighted by Gasteiger charge is 2.35. The maximum atomic E-state index is 13.5. The van der Waals surface area contributed by atoms with Gasteiger partial charge in [0.1, 0.15) is 11.9 Å². The van der Waals surface area contributed by atoms with E-state index < -0.39 is 23.5 Å². The number of piperidine rings is 1. The number of alkyl halides is 2. The lowest BCUT2D eigenvalue weighted by atomic mass is 10.1. The van der Waals surface area contributed by atoms with Crippen LogP contribution >= 0.6 is 0 Å². The number of hydrogen-bond acceptors (Lipinski definition) is 4. The van der Waals surface area contributed by atoms with E-state index in [4.69, 9.17) is 0 Å². The summed E-state index contributed by atoms with van der Waals surface area (Å²) < 4.78 is 53.6. The average molecular weight is 417 g/mol. The Kier molecular flexibility index (Phi) is 4.81. The van der Waals surface area contributed by atoms with E-state index in [0.717, 1.165) is 12.1 Å². The van der Waals surface area contributed by atoms with Crippen LogP contribution in [0.5, 0.6) is 0 Å². The summed E-state index contributed by atoms with van der Waals surface area (Å²) in [5, 5.41) is 12.3. The van der Waals surface area contributed by atoms with Crippen molar-refractivity contribution in [3.05, 3.63) is 53.4 Å². The van der Waals surface area contributed by atoms with E-state index in [1.807, 2.05) is 6.07 Å². The molecule has 1 amide bonds. The fraction of sp³-hybridized carbons (Fsp3) is 0.250. The van der Waals surface area contributed by atoms with Gasteiger partial charge in [0.05, 0.1) is 22.3 Å². The second-order valence-corrected chi connectivity index (χ2v) is 7.02. The molecule has 1 aliphatic heterocycles. The molecular formula is C20H15F4N5O. The Labute approximate surface area is 168 Å². The quantitative estimate of drug-likeness (QED) is 0.626. The maximum Gasteiger partial charge on any atom is 0.257 e. The summed E-state index contributed by atoms with van der Waals surface area (Å²) in [6.45, 7) is 0.107. The van der Waals surface area contributed by atoms with Crippen LogP contribution in [0, 0.1) is 23.0 Å². The molecule has 0 spiro atoms. The number of anilines is 2. The predicted molar refractivity (Wildman–Crippen MR) is 102 cm³/mol. The monoisotopic (exact) mass is 417 g/mol. The molecule has 0 aliphatic carbocycles. The van der Waals surface area contributed by atoms with Crippen LogP contribution < -0.4 is 10.2 Å². The summed E-state index contributed by atoms with van der Waals surface area (Å²) in [5.41, 5.74) is 0.682. The Morgan fingerprint density at radius 3 is 2.60 bits per heavy atom. The number of carbonyl (C=O) groups excluding carboxylic acids is 1. The molecule has 0 unspecified atom stereocenters. The third kappa shape index (κ3) is 3.66. The zero-order valence-corrected chi connectivity index (χ0v) is 15.5. The lowest BCUT2D eigenvalue weighted by Gasteiger charge is -2.32. The predicted octanol–water partition coefficient (Wildman–Crippen LogP) is 4.20. The number of carbonyl (C=O) groups is 1. The van der Waals surface area contributed by atoms with Crippen molar-refractivity contribution in [1.29, 1.82) is 5.26 Å². The first kappa shape index (κ1) is 19.7. The van der Waals surface area contributed by atoms with E-state index in [1.165, 1.54) is 18.5 Å².